The van der Waals surface area contributed by atoms with Crippen molar-refractivity contribution in [2.75, 3.05) is 13.1 Å². The fourth-order valence-corrected chi connectivity index (χ4v) is 3.29. The maximum Gasteiger partial charge on any atom is 0.280 e. The largest absolute Gasteiger partial charge is 0.329 e. The van der Waals surface area contributed by atoms with Crippen LogP contribution < -0.4 is 10.5 Å². The summed E-state index contributed by atoms with van der Waals surface area (Å²) in [5.74, 6) is 0. The molecule has 98 valence electrons. The molecule has 5 nitrogen and oxygen atoms in total. The smallest absolute Gasteiger partial charge is 0.280 e. The Morgan fingerprint density at radius 2 is 1.88 bits per heavy atom. The quantitative estimate of drug-likeness (QED) is 0.698. The first kappa shape index (κ1) is 15.8. The molecule has 0 aliphatic rings. The predicted molar refractivity (Wildman–Crippen MR) is 67.3 cm³/mol. The fourth-order valence-electron chi connectivity index (χ4n) is 1.41. The Bertz CT molecular complexity index is 299. The highest BCUT2D eigenvalue weighted by molar-refractivity contribution is 7.87. The standard InChI is InChI=1S/C10H25N3O2S/c1-6-7-13(10(4,5)8-11)16(14,15)12-9(2)3/h9,12H,6-8,11H2,1-5H3. The van der Waals surface area contributed by atoms with E-state index in [-0.39, 0.29) is 6.04 Å². The van der Waals surface area contributed by atoms with Crippen LogP contribution >= 0.6 is 0 Å². The average molecular weight is 251 g/mol. The molecular weight excluding hydrogens is 226 g/mol. The van der Waals surface area contributed by atoms with Crippen molar-refractivity contribution in [1.29, 1.82) is 0 Å². The maximum atomic E-state index is 12.1. The molecule has 0 atom stereocenters. The minimum atomic E-state index is -3.45. The molecule has 0 amide bonds. The second-order valence-electron chi connectivity index (χ2n) is 4.87. The van der Waals surface area contributed by atoms with E-state index in [1.165, 1.54) is 4.31 Å². The van der Waals surface area contributed by atoms with E-state index in [0.717, 1.165) is 6.42 Å². The molecule has 0 aromatic rings. The number of rotatable bonds is 7. The van der Waals surface area contributed by atoms with Gasteiger partial charge in [0.25, 0.3) is 10.2 Å². The van der Waals surface area contributed by atoms with Crippen molar-refractivity contribution >= 4 is 10.2 Å². The summed E-state index contributed by atoms with van der Waals surface area (Å²) >= 11 is 0. The summed E-state index contributed by atoms with van der Waals surface area (Å²) in [6.45, 7) is 10.0. The summed E-state index contributed by atoms with van der Waals surface area (Å²) < 4.78 is 28.2. The number of nitrogens with zero attached hydrogens (tertiary/aromatic N) is 1. The highest BCUT2D eigenvalue weighted by Gasteiger charge is 2.34. The van der Waals surface area contributed by atoms with E-state index in [0.29, 0.717) is 13.1 Å². The van der Waals surface area contributed by atoms with Gasteiger partial charge in [-0.15, -0.1) is 0 Å². The van der Waals surface area contributed by atoms with Crippen LogP contribution in [-0.4, -0.2) is 37.4 Å². The summed E-state index contributed by atoms with van der Waals surface area (Å²) in [6, 6.07) is -0.113. The van der Waals surface area contributed by atoms with Gasteiger partial charge in [-0.1, -0.05) is 6.92 Å². The third kappa shape index (κ3) is 4.37. The molecule has 0 heterocycles. The lowest BCUT2D eigenvalue weighted by atomic mass is 10.1. The molecule has 6 heteroatoms. The van der Waals surface area contributed by atoms with E-state index in [1.54, 1.807) is 13.8 Å². The van der Waals surface area contributed by atoms with Gasteiger partial charge in [-0.2, -0.15) is 17.4 Å². The van der Waals surface area contributed by atoms with Crippen molar-refractivity contribution in [3.63, 3.8) is 0 Å². The topological polar surface area (TPSA) is 75.4 Å². The van der Waals surface area contributed by atoms with Gasteiger partial charge in [-0.25, -0.2) is 0 Å². The van der Waals surface area contributed by atoms with Gasteiger partial charge in [0.1, 0.15) is 0 Å². The van der Waals surface area contributed by atoms with Gasteiger partial charge in [-0.05, 0) is 34.1 Å². The Balaban J connectivity index is 5.05. The maximum absolute atomic E-state index is 12.1. The second-order valence-corrected chi connectivity index (χ2v) is 6.49. The van der Waals surface area contributed by atoms with Gasteiger partial charge < -0.3 is 5.73 Å². The third-order valence-corrected chi connectivity index (χ3v) is 4.30. The Labute approximate surface area is 99.6 Å². The summed E-state index contributed by atoms with van der Waals surface area (Å²) in [7, 11) is -3.45. The molecule has 0 aliphatic heterocycles. The Morgan fingerprint density at radius 1 is 1.38 bits per heavy atom. The van der Waals surface area contributed by atoms with Crippen LogP contribution in [0.5, 0.6) is 0 Å². The highest BCUT2D eigenvalue weighted by atomic mass is 32.2. The SMILES string of the molecule is CCCN(C(C)(C)CN)S(=O)(=O)NC(C)C. The zero-order valence-electron chi connectivity index (χ0n) is 10.9. The second kappa shape index (κ2) is 5.95. The Hall–Kier alpha value is -0.170. The summed E-state index contributed by atoms with van der Waals surface area (Å²) in [5, 5.41) is 0. The lowest BCUT2D eigenvalue weighted by Gasteiger charge is -2.36. The van der Waals surface area contributed by atoms with Gasteiger partial charge in [-0.3, -0.25) is 0 Å². The highest BCUT2D eigenvalue weighted by Crippen LogP contribution is 2.17. The van der Waals surface area contributed by atoms with Crippen LogP contribution in [0.1, 0.15) is 41.0 Å². The molecule has 0 fully saturated rings. The molecule has 0 saturated carbocycles. The first-order chi connectivity index (χ1) is 7.17. The van der Waals surface area contributed by atoms with Crippen molar-refractivity contribution in [2.24, 2.45) is 5.73 Å². The van der Waals surface area contributed by atoms with E-state index in [1.807, 2.05) is 20.8 Å². The van der Waals surface area contributed by atoms with Crippen molar-refractivity contribution in [2.45, 2.75) is 52.6 Å². The molecule has 16 heavy (non-hydrogen) atoms. The van der Waals surface area contributed by atoms with E-state index >= 15 is 0 Å². The van der Waals surface area contributed by atoms with Crippen molar-refractivity contribution in [3.8, 4) is 0 Å². The van der Waals surface area contributed by atoms with Gasteiger partial charge in [0.05, 0.1) is 0 Å². The number of nitrogens with one attached hydrogen (secondary N) is 1. The van der Waals surface area contributed by atoms with Crippen molar-refractivity contribution < 1.29 is 8.42 Å². The van der Waals surface area contributed by atoms with Gasteiger partial charge in [0.15, 0.2) is 0 Å². The summed E-state index contributed by atoms with van der Waals surface area (Å²) in [4.78, 5) is 0. The zero-order chi connectivity index (χ0) is 13.0. The van der Waals surface area contributed by atoms with Crippen LogP contribution in [0.15, 0.2) is 0 Å². The first-order valence-corrected chi connectivity index (χ1v) is 7.11. The van der Waals surface area contributed by atoms with E-state index < -0.39 is 15.7 Å². The predicted octanol–water partition coefficient (Wildman–Crippen LogP) is 0.679. The normalized spacial score (nSPS) is 13.8. The van der Waals surface area contributed by atoms with Gasteiger partial charge in [0.2, 0.25) is 0 Å². The van der Waals surface area contributed by atoms with Gasteiger partial charge in [0, 0.05) is 24.7 Å². The van der Waals surface area contributed by atoms with Crippen molar-refractivity contribution in [3.05, 3.63) is 0 Å². The first-order valence-electron chi connectivity index (χ1n) is 5.67. The summed E-state index contributed by atoms with van der Waals surface area (Å²) in [5.41, 5.74) is 5.07. The molecule has 0 rings (SSSR count). The lowest BCUT2D eigenvalue weighted by Crippen LogP contribution is -2.56. The van der Waals surface area contributed by atoms with Crippen LogP contribution in [0.4, 0.5) is 0 Å². The number of nitrogens with two attached hydrogens (primary N) is 1. The summed E-state index contributed by atoms with van der Waals surface area (Å²) in [6.07, 6.45) is 0.766. The zero-order valence-corrected chi connectivity index (χ0v) is 11.8. The minimum Gasteiger partial charge on any atom is -0.329 e. The Morgan fingerprint density at radius 3 is 2.19 bits per heavy atom. The third-order valence-electron chi connectivity index (χ3n) is 2.28. The molecule has 0 saturated heterocycles. The average Bonchev–Trinajstić information content (AvgIpc) is 2.11. The molecule has 0 radical (unpaired) electrons. The minimum absolute atomic E-state index is 0.113. The van der Waals surface area contributed by atoms with Crippen LogP contribution in [0.3, 0.4) is 0 Å². The van der Waals surface area contributed by atoms with Crippen LogP contribution in [-0.2, 0) is 10.2 Å². The molecule has 0 unspecified atom stereocenters. The molecule has 0 aromatic heterocycles. The fraction of sp³-hybridized carbons (Fsp3) is 1.00. The molecule has 0 bridgehead atoms. The van der Waals surface area contributed by atoms with Crippen LogP contribution in [0.2, 0.25) is 0 Å². The molecule has 0 spiro atoms. The van der Waals surface area contributed by atoms with E-state index in [9.17, 15) is 8.42 Å². The van der Waals surface area contributed by atoms with Gasteiger partial charge >= 0.3 is 0 Å². The monoisotopic (exact) mass is 251 g/mol. The lowest BCUT2D eigenvalue weighted by molar-refractivity contribution is 0.231. The Kier molecular flexibility index (Phi) is 5.89. The number of hydrogen-bond acceptors (Lipinski definition) is 3. The molecule has 0 aliphatic carbocycles. The number of hydrogen-bond donors (Lipinski definition) is 2. The molecule has 0 aromatic carbocycles. The molecule has 3 N–H and O–H groups in total. The van der Waals surface area contributed by atoms with Crippen molar-refractivity contribution in [1.82, 2.24) is 9.03 Å². The van der Waals surface area contributed by atoms with Crippen LogP contribution in [0.25, 0.3) is 0 Å². The van der Waals surface area contributed by atoms with Crippen LogP contribution in [0, 0.1) is 0 Å². The molecular formula is C10H25N3O2S. The van der Waals surface area contributed by atoms with E-state index in [2.05, 4.69) is 4.72 Å². The van der Waals surface area contributed by atoms with E-state index in [4.69, 9.17) is 5.73 Å².